The van der Waals surface area contributed by atoms with Crippen LogP contribution >= 0.6 is 35.7 Å². The molecular formula is C19H32IN3O3S. The average Bonchev–Trinajstić information content (AvgIpc) is 2.69. The lowest BCUT2D eigenvalue weighted by molar-refractivity contribution is 0.0783. The molecule has 0 spiro atoms. The minimum absolute atomic E-state index is 0. The molecule has 0 bridgehead atoms. The summed E-state index contributed by atoms with van der Waals surface area (Å²) in [6, 6.07) is 7.92. The van der Waals surface area contributed by atoms with Gasteiger partial charge in [0.25, 0.3) is 0 Å². The Morgan fingerprint density at radius 1 is 1.30 bits per heavy atom. The molecule has 0 aliphatic carbocycles. The van der Waals surface area contributed by atoms with Crippen molar-refractivity contribution in [2.45, 2.75) is 24.0 Å². The zero-order chi connectivity index (χ0) is 18.7. The molecule has 1 aromatic carbocycles. The molecule has 8 heteroatoms. The van der Waals surface area contributed by atoms with Crippen molar-refractivity contribution in [2.75, 3.05) is 58.7 Å². The first kappa shape index (κ1) is 24.3. The number of nitrogens with one attached hydrogen (secondary N) is 2. The summed E-state index contributed by atoms with van der Waals surface area (Å²) in [5.74, 6) is 1.60. The van der Waals surface area contributed by atoms with Crippen molar-refractivity contribution in [3.8, 4) is 5.75 Å². The molecule has 1 aliphatic heterocycles. The fraction of sp³-hybridized carbons (Fsp3) is 0.632. The van der Waals surface area contributed by atoms with Crippen molar-refractivity contribution < 1.29 is 14.2 Å². The summed E-state index contributed by atoms with van der Waals surface area (Å²) in [4.78, 5) is 4.35. The highest BCUT2D eigenvalue weighted by Crippen LogP contribution is 2.33. The zero-order valence-corrected chi connectivity index (χ0v) is 19.6. The van der Waals surface area contributed by atoms with E-state index < -0.39 is 0 Å². The lowest BCUT2D eigenvalue weighted by atomic mass is 9.99. The predicted octanol–water partition coefficient (Wildman–Crippen LogP) is 3.62. The van der Waals surface area contributed by atoms with Crippen LogP contribution in [0.1, 0.15) is 19.3 Å². The quantitative estimate of drug-likeness (QED) is 0.230. The Balaban J connectivity index is 0.00000364. The van der Waals surface area contributed by atoms with Crippen LogP contribution in [0.3, 0.4) is 0 Å². The van der Waals surface area contributed by atoms with Gasteiger partial charge >= 0.3 is 0 Å². The van der Waals surface area contributed by atoms with Crippen LogP contribution in [0.2, 0.25) is 0 Å². The molecule has 2 N–H and O–H groups in total. The molecule has 0 aromatic heterocycles. The number of benzene rings is 1. The number of methoxy groups -OCH3 is 1. The van der Waals surface area contributed by atoms with Crippen molar-refractivity contribution in [3.05, 3.63) is 24.3 Å². The van der Waals surface area contributed by atoms with Crippen molar-refractivity contribution in [2.24, 2.45) is 4.99 Å². The molecule has 2 rings (SSSR count). The van der Waals surface area contributed by atoms with Gasteiger partial charge in [-0.15, -0.1) is 24.0 Å². The minimum atomic E-state index is 0. The number of hydrogen-bond donors (Lipinski definition) is 2. The molecule has 154 valence electrons. The summed E-state index contributed by atoms with van der Waals surface area (Å²) >= 11 is 1.91. The molecule has 0 saturated carbocycles. The van der Waals surface area contributed by atoms with Gasteiger partial charge in [0, 0.05) is 63.4 Å². The second kappa shape index (κ2) is 13.5. The van der Waals surface area contributed by atoms with Crippen LogP contribution in [0, 0.1) is 0 Å². The van der Waals surface area contributed by atoms with Gasteiger partial charge < -0.3 is 24.8 Å². The Labute approximate surface area is 184 Å². The standard InChI is InChI=1S/C19H31N3O3S.HI/c1-20-18(21-15-19(26-3)8-12-24-13-9-19)22-16-6-4-7-17(14-16)25-11-5-10-23-2;/h4,6-7,14H,5,8-13,15H2,1-3H3,(H2,20,21,22);1H. The molecule has 0 amide bonds. The van der Waals surface area contributed by atoms with E-state index in [-0.39, 0.29) is 28.7 Å². The van der Waals surface area contributed by atoms with Gasteiger partial charge in [0.15, 0.2) is 5.96 Å². The van der Waals surface area contributed by atoms with Gasteiger partial charge in [-0.05, 0) is 31.2 Å². The van der Waals surface area contributed by atoms with Crippen molar-refractivity contribution in [1.82, 2.24) is 5.32 Å². The molecule has 1 saturated heterocycles. The number of thioether (sulfide) groups is 1. The maximum absolute atomic E-state index is 5.76. The molecule has 1 heterocycles. The molecule has 1 aliphatic rings. The van der Waals surface area contributed by atoms with Gasteiger partial charge in [0.05, 0.1) is 6.61 Å². The summed E-state index contributed by atoms with van der Waals surface area (Å²) in [7, 11) is 3.49. The summed E-state index contributed by atoms with van der Waals surface area (Å²) in [5, 5.41) is 6.81. The number of rotatable bonds is 9. The highest BCUT2D eigenvalue weighted by molar-refractivity contribution is 14.0. The van der Waals surface area contributed by atoms with E-state index in [4.69, 9.17) is 14.2 Å². The monoisotopic (exact) mass is 509 g/mol. The Hall–Kier alpha value is -0.710. The molecule has 0 atom stereocenters. The Morgan fingerprint density at radius 2 is 2.07 bits per heavy atom. The van der Waals surface area contributed by atoms with Crippen molar-refractivity contribution >= 4 is 47.4 Å². The second-order valence-corrected chi connectivity index (χ2v) is 7.55. The maximum atomic E-state index is 5.76. The fourth-order valence-corrected chi connectivity index (χ4v) is 3.61. The van der Waals surface area contributed by atoms with Crippen LogP contribution in [0.5, 0.6) is 5.75 Å². The smallest absolute Gasteiger partial charge is 0.195 e. The first-order valence-electron chi connectivity index (χ1n) is 9.04. The SMILES string of the molecule is CN=C(NCC1(SC)CCOCC1)Nc1cccc(OCCCOC)c1.I. The number of anilines is 1. The second-order valence-electron chi connectivity index (χ2n) is 6.27. The van der Waals surface area contributed by atoms with Gasteiger partial charge in [-0.1, -0.05) is 6.07 Å². The van der Waals surface area contributed by atoms with Crippen LogP contribution in [-0.4, -0.2) is 64.1 Å². The predicted molar refractivity (Wildman–Crippen MR) is 125 cm³/mol. The van der Waals surface area contributed by atoms with Crippen LogP contribution < -0.4 is 15.4 Å². The molecule has 1 fully saturated rings. The number of halogens is 1. The van der Waals surface area contributed by atoms with Crippen LogP contribution in [0.25, 0.3) is 0 Å². The number of hydrogen-bond acceptors (Lipinski definition) is 5. The number of guanidine groups is 1. The normalized spacial score (nSPS) is 16.3. The third kappa shape index (κ3) is 8.45. The van der Waals surface area contributed by atoms with Crippen LogP contribution in [0.4, 0.5) is 5.69 Å². The molecule has 0 unspecified atom stereocenters. The number of aliphatic imine (C=N–C) groups is 1. The van der Waals surface area contributed by atoms with Crippen LogP contribution in [0.15, 0.2) is 29.3 Å². The zero-order valence-electron chi connectivity index (χ0n) is 16.5. The van der Waals surface area contributed by atoms with E-state index in [1.54, 1.807) is 14.2 Å². The van der Waals surface area contributed by atoms with E-state index in [0.29, 0.717) is 13.2 Å². The van der Waals surface area contributed by atoms with E-state index >= 15 is 0 Å². The van der Waals surface area contributed by atoms with Gasteiger partial charge in [-0.2, -0.15) is 11.8 Å². The average molecular weight is 509 g/mol. The lowest BCUT2D eigenvalue weighted by Gasteiger charge is -2.36. The molecule has 27 heavy (non-hydrogen) atoms. The fourth-order valence-electron chi connectivity index (χ4n) is 2.81. The third-order valence-corrected chi connectivity index (χ3v) is 5.92. The van der Waals surface area contributed by atoms with Crippen molar-refractivity contribution in [1.29, 1.82) is 0 Å². The lowest BCUT2D eigenvalue weighted by Crippen LogP contribution is -2.45. The minimum Gasteiger partial charge on any atom is -0.493 e. The molecule has 6 nitrogen and oxygen atoms in total. The van der Waals surface area contributed by atoms with Crippen LogP contribution in [-0.2, 0) is 9.47 Å². The summed E-state index contributed by atoms with van der Waals surface area (Å²) < 4.78 is 16.5. The molecular weight excluding hydrogens is 477 g/mol. The first-order chi connectivity index (χ1) is 12.7. The number of nitrogens with zero attached hydrogens (tertiary/aromatic N) is 1. The Kier molecular flexibility index (Phi) is 12.1. The topological polar surface area (TPSA) is 64.1 Å². The third-order valence-electron chi connectivity index (χ3n) is 4.50. The summed E-state index contributed by atoms with van der Waals surface area (Å²) in [6.45, 7) is 3.87. The highest BCUT2D eigenvalue weighted by Gasteiger charge is 2.31. The van der Waals surface area contributed by atoms with Gasteiger partial charge in [-0.3, -0.25) is 4.99 Å². The van der Waals surface area contributed by atoms with E-state index in [9.17, 15) is 0 Å². The Bertz CT molecular complexity index is 569. The Morgan fingerprint density at radius 3 is 2.74 bits per heavy atom. The van der Waals surface area contributed by atoms with E-state index in [2.05, 4.69) is 21.9 Å². The van der Waals surface area contributed by atoms with Gasteiger partial charge in [0.2, 0.25) is 0 Å². The highest BCUT2D eigenvalue weighted by atomic mass is 127. The first-order valence-corrected chi connectivity index (χ1v) is 10.3. The maximum Gasteiger partial charge on any atom is 0.195 e. The van der Waals surface area contributed by atoms with E-state index in [1.807, 2.05) is 36.0 Å². The van der Waals surface area contributed by atoms with E-state index in [0.717, 1.165) is 56.4 Å². The van der Waals surface area contributed by atoms with Crippen molar-refractivity contribution in [3.63, 3.8) is 0 Å². The van der Waals surface area contributed by atoms with Gasteiger partial charge in [-0.25, -0.2) is 0 Å². The largest absolute Gasteiger partial charge is 0.493 e. The number of ether oxygens (including phenoxy) is 3. The molecule has 0 radical (unpaired) electrons. The molecule has 1 aromatic rings. The van der Waals surface area contributed by atoms with E-state index in [1.165, 1.54) is 0 Å². The van der Waals surface area contributed by atoms with Gasteiger partial charge in [0.1, 0.15) is 5.75 Å². The summed E-state index contributed by atoms with van der Waals surface area (Å²) in [5.41, 5.74) is 0.951. The summed E-state index contributed by atoms with van der Waals surface area (Å²) in [6.07, 6.45) is 5.16.